The molecule has 1 heterocycles. The van der Waals surface area contributed by atoms with E-state index in [-0.39, 0.29) is 13.2 Å². The molecule has 13 aromatic rings. The number of aromatic nitrogens is 1. The van der Waals surface area contributed by atoms with Crippen LogP contribution in [0, 0.1) is 0 Å². The van der Waals surface area contributed by atoms with Crippen LogP contribution in [-0.4, -0.2) is 4.98 Å². The summed E-state index contributed by atoms with van der Waals surface area (Å²) in [6.07, 6.45) is 0. The Morgan fingerprint density at radius 3 is 0.882 bits per heavy atom. The van der Waals surface area contributed by atoms with Gasteiger partial charge in [-0.05, 0) is 115 Å². The molecule has 0 aliphatic rings. The molecule has 362 valence electrons. The number of nitrogens with zero attached hydrogens (tertiary/aromatic N) is 1. The molecule has 0 unspecified atom stereocenters. The highest BCUT2D eigenvalue weighted by atomic mass is 31.1. The minimum atomic E-state index is -0.957. The van der Waals surface area contributed by atoms with Crippen molar-refractivity contribution >= 4 is 90.8 Å². The Kier molecular flexibility index (Phi) is 13.2. The largest absolute Gasteiger partial charge is 0.487 e. The number of pyridine rings is 1. The molecule has 12 aromatic carbocycles. The third kappa shape index (κ3) is 9.20. The number of hydrogen-bond acceptors (Lipinski definition) is 3. The molecule has 5 heteroatoms. The van der Waals surface area contributed by atoms with Crippen molar-refractivity contribution in [3.63, 3.8) is 0 Å². The summed E-state index contributed by atoms with van der Waals surface area (Å²) >= 11 is 0. The molecular weight excluding hydrogens is 961 g/mol. The fourth-order valence-electron chi connectivity index (χ4n) is 10.8. The van der Waals surface area contributed by atoms with Gasteiger partial charge in [0.2, 0.25) is 0 Å². The Labute approximate surface area is 446 Å². The van der Waals surface area contributed by atoms with Gasteiger partial charge in [-0.15, -0.1) is 0 Å². The second kappa shape index (κ2) is 21.3. The molecule has 0 bridgehead atoms. The Morgan fingerprint density at radius 1 is 0.250 bits per heavy atom. The third-order valence-electron chi connectivity index (χ3n) is 14.3. The van der Waals surface area contributed by atoms with Gasteiger partial charge in [0, 0.05) is 22.3 Å². The van der Waals surface area contributed by atoms with Crippen molar-refractivity contribution in [2.75, 3.05) is 0 Å². The van der Waals surface area contributed by atoms with Gasteiger partial charge in [0.15, 0.2) is 0 Å². The molecule has 0 saturated carbocycles. The molecule has 1 aromatic heterocycles. The molecular formula is C71H51NO2P2. The lowest BCUT2D eigenvalue weighted by Crippen LogP contribution is -2.22. The second-order valence-corrected chi connectivity index (χ2v) is 23.3. The van der Waals surface area contributed by atoms with Crippen molar-refractivity contribution in [1.82, 2.24) is 4.98 Å². The van der Waals surface area contributed by atoms with Gasteiger partial charge in [-0.3, -0.25) is 4.98 Å². The first-order valence-corrected chi connectivity index (χ1v) is 28.5. The van der Waals surface area contributed by atoms with E-state index in [4.69, 9.17) is 14.5 Å². The van der Waals surface area contributed by atoms with E-state index in [9.17, 15) is 0 Å². The predicted octanol–water partition coefficient (Wildman–Crippen LogP) is 15.7. The van der Waals surface area contributed by atoms with E-state index in [1.807, 2.05) is 0 Å². The topological polar surface area (TPSA) is 31.4 Å². The van der Waals surface area contributed by atoms with Crippen LogP contribution in [0.1, 0.15) is 11.4 Å². The van der Waals surface area contributed by atoms with E-state index in [0.717, 1.165) is 55.6 Å². The van der Waals surface area contributed by atoms with Gasteiger partial charge in [0.25, 0.3) is 0 Å². The maximum absolute atomic E-state index is 7.08. The first-order valence-electron chi connectivity index (χ1n) is 25.8. The summed E-state index contributed by atoms with van der Waals surface area (Å²) in [5.41, 5.74) is 6.20. The van der Waals surface area contributed by atoms with Crippen LogP contribution < -0.4 is 41.3 Å². The second-order valence-electron chi connectivity index (χ2n) is 18.9. The van der Waals surface area contributed by atoms with Gasteiger partial charge in [-0.2, -0.15) is 0 Å². The SMILES string of the molecule is c1ccc(P(c2ccccc2)c2ccc3ccccc3c2-c2c(OCc3cccc(COc4ccc5ccccc5c4-c4c(P(c5ccccc5)c5ccccc5)ccc5ccccc45)n3)ccc3ccccc23)cc1. The Bertz CT molecular complexity index is 3840. The summed E-state index contributed by atoms with van der Waals surface area (Å²) in [5.74, 6) is 1.63. The fourth-order valence-corrected chi connectivity index (χ4v) is 15.8. The average molecular weight is 1010 g/mol. The zero-order chi connectivity index (χ0) is 50.6. The molecule has 0 spiro atoms. The maximum atomic E-state index is 7.08. The highest BCUT2D eigenvalue weighted by molar-refractivity contribution is 7.80. The van der Waals surface area contributed by atoms with Crippen LogP contribution in [0.4, 0.5) is 0 Å². The van der Waals surface area contributed by atoms with Crippen molar-refractivity contribution in [3.05, 3.63) is 297 Å². The van der Waals surface area contributed by atoms with Gasteiger partial charge in [0.05, 0.1) is 11.4 Å². The minimum absolute atomic E-state index is 0.272. The first-order chi connectivity index (χ1) is 37.7. The fraction of sp³-hybridized carbons (Fsp3) is 0.0282. The van der Waals surface area contributed by atoms with Crippen LogP contribution in [-0.2, 0) is 13.2 Å². The lowest BCUT2D eigenvalue weighted by molar-refractivity contribution is 0.292. The van der Waals surface area contributed by atoms with E-state index >= 15 is 0 Å². The Hall–Kier alpha value is -8.71. The van der Waals surface area contributed by atoms with Crippen molar-refractivity contribution in [2.45, 2.75) is 13.2 Å². The zero-order valence-electron chi connectivity index (χ0n) is 41.7. The van der Waals surface area contributed by atoms with E-state index in [1.165, 1.54) is 64.5 Å². The molecule has 0 aliphatic heterocycles. The van der Waals surface area contributed by atoms with Crippen LogP contribution in [0.2, 0.25) is 0 Å². The van der Waals surface area contributed by atoms with Gasteiger partial charge in [-0.1, -0.05) is 261 Å². The standard InChI is InChI=1S/C71H51NO2P2/c1-5-28-56(29-6-1)75(57-30-7-2-8-31-57)66-46-42-52-24-15-19-38-62(52)70(66)68-60-36-17-13-22-50(60)40-44-64(68)73-48-54-26-21-27-55(72-54)49-74-65-45-41-51-23-14-18-37-61(51)69(65)71-63-39-20-16-25-53(63)43-47-67(71)76(58-32-9-3-10-33-58)59-34-11-4-12-35-59/h1-47H,48-49H2. The predicted molar refractivity (Wildman–Crippen MR) is 324 cm³/mol. The van der Waals surface area contributed by atoms with Gasteiger partial charge < -0.3 is 9.47 Å². The van der Waals surface area contributed by atoms with E-state index in [1.54, 1.807) is 0 Å². The number of rotatable bonds is 14. The number of hydrogen-bond donors (Lipinski definition) is 0. The van der Waals surface area contributed by atoms with Crippen LogP contribution in [0.3, 0.4) is 0 Å². The molecule has 0 atom stereocenters. The molecule has 0 fully saturated rings. The summed E-state index contributed by atoms with van der Waals surface area (Å²) in [4.78, 5) is 5.24. The van der Waals surface area contributed by atoms with Crippen molar-refractivity contribution in [3.8, 4) is 33.8 Å². The smallest absolute Gasteiger partial charge is 0.130 e. The molecule has 76 heavy (non-hydrogen) atoms. The van der Waals surface area contributed by atoms with Crippen molar-refractivity contribution < 1.29 is 9.47 Å². The molecule has 3 nitrogen and oxygen atoms in total. The number of fused-ring (bicyclic) bond motifs is 4. The zero-order valence-corrected chi connectivity index (χ0v) is 43.5. The Balaban J connectivity index is 0.883. The highest BCUT2D eigenvalue weighted by Crippen LogP contribution is 2.48. The summed E-state index contributed by atoms with van der Waals surface area (Å²) in [6, 6.07) is 103. The molecule has 0 saturated heterocycles. The van der Waals surface area contributed by atoms with E-state index in [0.29, 0.717) is 0 Å². The van der Waals surface area contributed by atoms with Crippen LogP contribution in [0.5, 0.6) is 11.5 Å². The minimum Gasteiger partial charge on any atom is -0.487 e. The molecule has 0 N–H and O–H groups in total. The van der Waals surface area contributed by atoms with Crippen molar-refractivity contribution in [1.29, 1.82) is 0 Å². The first kappa shape index (κ1) is 47.0. The summed E-state index contributed by atoms with van der Waals surface area (Å²) in [5, 5.41) is 17.1. The highest BCUT2D eigenvalue weighted by Gasteiger charge is 2.27. The normalized spacial score (nSPS) is 11.5. The maximum Gasteiger partial charge on any atom is 0.130 e. The molecule has 0 radical (unpaired) electrons. The van der Waals surface area contributed by atoms with Crippen LogP contribution in [0.15, 0.2) is 285 Å². The summed E-state index contributed by atoms with van der Waals surface area (Å²) in [6.45, 7) is 0.545. The van der Waals surface area contributed by atoms with Gasteiger partial charge in [0.1, 0.15) is 24.7 Å². The quantitative estimate of drug-likeness (QED) is 0.102. The monoisotopic (exact) mass is 1010 g/mol. The summed E-state index contributed by atoms with van der Waals surface area (Å²) in [7, 11) is -1.91. The molecule has 0 amide bonds. The van der Waals surface area contributed by atoms with Crippen LogP contribution in [0.25, 0.3) is 65.3 Å². The number of benzene rings is 12. The molecule has 0 aliphatic carbocycles. The average Bonchev–Trinajstić information content (AvgIpc) is 3.57. The van der Waals surface area contributed by atoms with E-state index < -0.39 is 15.8 Å². The van der Waals surface area contributed by atoms with Crippen LogP contribution >= 0.6 is 15.8 Å². The van der Waals surface area contributed by atoms with Gasteiger partial charge in [-0.25, -0.2) is 0 Å². The summed E-state index contributed by atoms with van der Waals surface area (Å²) < 4.78 is 14.2. The Morgan fingerprint density at radius 2 is 0.539 bits per heavy atom. The van der Waals surface area contributed by atoms with E-state index in [2.05, 4.69) is 285 Å². The number of ether oxygens (including phenoxy) is 2. The van der Waals surface area contributed by atoms with Crippen molar-refractivity contribution in [2.24, 2.45) is 0 Å². The third-order valence-corrected chi connectivity index (χ3v) is 19.2. The lowest BCUT2D eigenvalue weighted by Gasteiger charge is -2.26. The van der Waals surface area contributed by atoms with Gasteiger partial charge >= 0.3 is 0 Å². The lowest BCUT2D eigenvalue weighted by atomic mass is 9.93. The molecule has 13 rings (SSSR count).